The number of hydrogen-bond acceptors (Lipinski definition) is 8. The first-order valence-corrected chi connectivity index (χ1v) is 11.6. The lowest BCUT2D eigenvalue weighted by Crippen LogP contribution is -2.48. The van der Waals surface area contributed by atoms with Crippen molar-refractivity contribution < 1.29 is 14.7 Å². The summed E-state index contributed by atoms with van der Waals surface area (Å²) in [5.41, 5.74) is 0.799. The summed E-state index contributed by atoms with van der Waals surface area (Å²) in [6.45, 7) is 9.56. The summed E-state index contributed by atoms with van der Waals surface area (Å²) in [6.07, 6.45) is 1.64. The monoisotopic (exact) mass is 475 g/mol. The lowest BCUT2D eigenvalue weighted by Gasteiger charge is -2.37. The zero-order chi connectivity index (χ0) is 23.6. The van der Waals surface area contributed by atoms with E-state index in [9.17, 15) is 19.6 Å². The molecule has 32 heavy (non-hydrogen) atoms. The van der Waals surface area contributed by atoms with Gasteiger partial charge < -0.3 is 14.9 Å². The van der Waals surface area contributed by atoms with Crippen LogP contribution in [0.2, 0.25) is 0 Å². The van der Waals surface area contributed by atoms with Gasteiger partial charge in [0.15, 0.2) is 0 Å². The Bertz CT molecular complexity index is 1100. The molecule has 0 radical (unpaired) electrons. The molecular formula is C21H25N5O4S2. The van der Waals surface area contributed by atoms with Crippen molar-refractivity contribution in [3.8, 4) is 6.07 Å². The van der Waals surface area contributed by atoms with Crippen LogP contribution in [0.25, 0.3) is 6.08 Å². The summed E-state index contributed by atoms with van der Waals surface area (Å²) in [6, 6.07) is 2.01. The first-order chi connectivity index (χ1) is 15.2. The smallest absolute Gasteiger partial charge is 0.323 e. The van der Waals surface area contributed by atoms with E-state index in [1.807, 2.05) is 13.0 Å². The second kappa shape index (κ2) is 9.85. The van der Waals surface area contributed by atoms with E-state index in [4.69, 9.17) is 17.3 Å². The maximum atomic E-state index is 13.0. The van der Waals surface area contributed by atoms with E-state index in [0.717, 1.165) is 36.3 Å². The molecule has 170 valence electrons. The molecule has 1 aromatic heterocycles. The molecule has 2 saturated heterocycles. The minimum absolute atomic E-state index is 0.0371. The Morgan fingerprint density at radius 3 is 2.41 bits per heavy atom. The van der Waals surface area contributed by atoms with Crippen molar-refractivity contribution >= 4 is 52.1 Å². The number of carboxylic acid groups (broad SMARTS) is 1. The van der Waals surface area contributed by atoms with Crippen LogP contribution in [0.5, 0.6) is 0 Å². The standard InChI is InChI=1S/C21H25N5O4S2/c1-4-23-6-8-24(9-7-23)18-14(13(3)15(11-22)19(29)25(18)5-2)10-16-20(30)26(12-17(27)28)21(31)32-16/h10H,4-9,12H2,1-3H3,(H,27,28). The molecule has 0 spiro atoms. The van der Waals surface area contributed by atoms with Crippen molar-refractivity contribution in [2.75, 3.05) is 44.2 Å². The second-order valence-electron chi connectivity index (χ2n) is 7.48. The van der Waals surface area contributed by atoms with E-state index in [2.05, 4.69) is 16.7 Å². The van der Waals surface area contributed by atoms with E-state index in [-0.39, 0.29) is 20.3 Å². The Kier molecular flexibility index (Phi) is 7.38. The van der Waals surface area contributed by atoms with Crippen LogP contribution in [0.3, 0.4) is 0 Å². The topological polar surface area (TPSA) is 110 Å². The van der Waals surface area contributed by atoms with Crippen LogP contribution in [0, 0.1) is 18.3 Å². The minimum atomic E-state index is -1.15. The molecule has 2 aliphatic heterocycles. The third-order valence-electron chi connectivity index (χ3n) is 5.72. The lowest BCUT2D eigenvalue weighted by atomic mass is 10.0. The van der Waals surface area contributed by atoms with Crippen LogP contribution >= 0.6 is 24.0 Å². The third kappa shape index (κ3) is 4.44. The number of likely N-dealkylation sites (N-methyl/N-ethyl adjacent to an activating group) is 1. The van der Waals surface area contributed by atoms with Gasteiger partial charge in [0.2, 0.25) is 0 Å². The van der Waals surface area contributed by atoms with Crippen LogP contribution < -0.4 is 10.5 Å². The number of aliphatic carboxylic acids is 1. The average molecular weight is 476 g/mol. The predicted octanol–water partition coefficient (Wildman–Crippen LogP) is 1.48. The number of nitriles is 1. The van der Waals surface area contributed by atoms with E-state index in [0.29, 0.717) is 36.6 Å². The maximum absolute atomic E-state index is 13.0. The second-order valence-corrected chi connectivity index (χ2v) is 9.16. The molecule has 1 N–H and O–H groups in total. The number of amides is 1. The van der Waals surface area contributed by atoms with E-state index >= 15 is 0 Å². The largest absolute Gasteiger partial charge is 0.480 e. The summed E-state index contributed by atoms with van der Waals surface area (Å²) < 4.78 is 1.75. The highest BCUT2D eigenvalue weighted by Gasteiger charge is 2.34. The van der Waals surface area contributed by atoms with Gasteiger partial charge in [-0.1, -0.05) is 30.9 Å². The van der Waals surface area contributed by atoms with Crippen LogP contribution in [0.1, 0.15) is 30.5 Å². The fourth-order valence-corrected chi connectivity index (χ4v) is 5.19. The molecule has 3 heterocycles. The van der Waals surface area contributed by atoms with Crippen molar-refractivity contribution in [1.82, 2.24) is 14.4 Å². The highest BCUT2D eigenvalue weighted by atomic mass is 32.2. The van der Waals surface area contributed by atoms with Gasteiger partial charge in [-0.2, -0.15) is 5.26 Å². The van der Waals surface area contributed by atoms with Gasteiger partial charge >= 0.3 is 5.97 Å². The maximum Gasteiger partial charge on any atom is 0.323 e. The quantitative estimate of drug-likeness (QED) is 0.483. The number of carbonyl (C=O) groups is 2. The number of anilines is 1. The first kappa shape index (κ1) is 24.0. The zero-order valence-electron chi connectivity index (χ0n) is 18.3. The van der Waals surface area contributed by atoms with Gasteiger partial charge in [0.25, 0.3) is 11.5 Å². The summed E-state index contributed by atoms with van der Waals surface area (Å²) >= 11 is 6.23. The first-order valence-electron chi connectivity index (χ1n) is 10.3. The Morgan fingerprint density at radius 2 is 1.88 bits per heavy atom. The minimum Gasteiger partial charge on any atom is -0.480 e. The number of nitrogens with zero attached hydrogens (tertiary/aromatic N) is 5. The highest BCUT2D eigenvalue weighted by Crippen LogP contribution is 2.36. The molecule has 1 amide bonds. The van der Waals surface area contributed by atoms with Crippen LogP contribution in [-0.4, -0.2) is 74.9 Å². The molecule has 9 nitrogen and oxygen atoms in total. The molecule has 11 heteroatoms. The Hall–Kier alpha value is -2.68. The summed E-state index contributed by atoms with van der Waals surface area (Å²) in [4.78, 5) is 42.8. The number of hydrogen-bond donors (Lipinski definition) is 1. The SMILES string of the molecule is CCN1CCN(c2c(C=C3SC(=S)N(CC(=O)O)C3=O)c(C)c(C#N)c(=O)n2CC)CC1. The van der Waals surface area contributed by atoms with Crippen LogP contribution in [0.15, 0.2) is 9.70 Å². The molecule has 0 unspecified atom stereocenters. The number of thioether (sulfide) groups is 1. The summed E-state index contributed by atoms with van der Waals surface area (Å²) in [5.74, 6) is -0.968. The van der Waals surface area contributed by atoms with E-state index < -0.39 is 18.4 Å². The summed E-state index contributed by atoms with van der Waals surface area (Å²) in [5, 5.41) is 18.7. The molecule has 0 saturated carbocycles. The number of pyridine rings is 1. The lowest BCUT2D eigenvalue weighted by molar-refractivity contribution is -0.140. The van der Waals surface area contributed by atoms with E-state index in [1.54, 1.807) is 17.6 Å². The van der Waals surface area contributed by atoms with E-state index in [1.165, 1.54) is 0 Å². The van der Waals surface area contributed by atoms with Crippen molar-refractivity contribution in [3.05, 3.63) is 31.9 Å². The molecule has 1 aromatic rings. The number of thiocarbonyl (C=S) groups is 1. The zero-order valence-corrected chi connectivity index (χ0v) is 19.9. The molecule has 0 bridgehead atoms. The molecule has 2 fully saturated rings. The molecule has 2 aliphatic rings. The number of carboxylic acids is 1. The molecule has 0 aliphatic carbocycles. The fourth-order valence-electron chi connectivity index (χ4n) is 3.96. The number of aromatic nitrogens is 1. The predicted molar refractivity (Wildman–Crippen MR) is 128 cm³/mol. The normalized spacial score (nSPS) is 18.5. The molecule has 3 rings (SSSR count). The van der Waals surface area contributed by atoms with Gasteiger partial charge in [0, 0.05) is 38.3 Å². The molecule has 0 atom stereocenters. The number of carbonyl (C=O) groups excluding carboxylic acids is 1. The van der Waals surface area contributed by atoms with Crippen molar-refractivity contribution in [2.24, 2.45) is 0 Å². The molecule has 0 aromatic carbocycles. The Morgan fingerprint density at radius 1 is 1.22 bits per heavy atom. The highest BCUT2D eigenvalue weighted by molar-refractivity contribution is 8.26. The van der Waals surface area contributed by atoms with Gasteiger partial charge in [0.05, 0.1) is 4.91 Å². The van der Waals surface area contributed by atoms with Crippen molar-refractivity contribution in [3.63, 3.8) is 0 Å². The Labute approximate surface area is 195 Å². The van der Waals surface area contributed by atoms with Gasteiger partial charge in [0.1, 0.15) is 28.3 Å². The average Bonchev–Trinajstić information content (AvgIpc) is 3.02. The van der Waals surface area contributed by atoms with Gasteiger partial charge in [-0.15, -0.1) is 0 Å². The summed E-state index contributed by atoms with van der Waals surface area (Å²) in [7, 11) is 0. The van der Waals surface area contributed by atoms with Gasteiger partial charge in [-0.3, -0.25) is 23.9 Å². The van der Waals surface area contributed by atoms with Crippen LogP contribution in [-0.2, 0) is 16.1 Å². The van der Waals surface area contributed by atoms with Crippen molar-refractivity contribution in [1.29, 1.82) is 5.26 Å². The van der Waals surface area contributed by atoms with Crippen molar-refractivity contribution in [2.45, 2.75) is 27.3 Å². The number of piperazine rings is 1. The molecular weight excluding hydrogens is 450 g/mol. The van der Waals surface area contributed by atoms with Gasteiger partial charge in [-0.25, -0.2) is 0 Å². The third-order valence-corrected chi connectivity index (χ3v) is 7.10. The van der Waals surface area contributed by atoms with Crippen LogP contribution in [0.4, 0.5) is 5.82 Å². The Balaban J connectivity index is 2.16. The fraction of sp³-hybridized carbons (Fsp3) is 0.476. The number of rotatable bonds is 6. The van der Waals surface area contributed by atoms with Gasteiger partial charge in [-0.05, 0) is 32.0 Å².